The van der Waals surface area contributed by atoms with E-state index in [1.165, 1.54) is 18.2 Å². The Morgan fingerprint density at radius 2 is 2.03 bits per heavy atom. The molecule has 1 saturated carbocycles. The molecular formula is C21H25N5O2S. The van der Waals surface area contributed by atoms with Gasteiger partial charge in [0.25, 0.3) is 0 Å². The van der Waals surface area contributed by atoms with Crippen molar-refractivity contribution in [3.8, 4) is 11.4 Å². The average molecular weight is 412 g/mol. The van der Waals surface area contributed by atoms with E-state index in [0.29, 0.717) is 25.7 Å². The minimum atomic E-state index is 0.233. The third kappa shape index (κ3) is 3.91. The van der Waals surface area contributed by atoms with E-state index >= 15 is 0 Å². The number of amides is 1. The van der Waals surface area contributed by atoms with Gasteiger partial charge in [-0.15, -0.1) is 10.2 Å². The molecule has 1 aliphatic heterocycles. The first-order valence-corrected chi connectivity index (χ1v) is 11.3. The van der Waals surface area contributed by atoms with Crippen molar-refractivity contribution in [2.75, 3.05) is 32.1 Å². The number of carbonyl (C=O) groups is 1. The van der Waals surface area contributed by atoms with E-state index in [-0.39, 0.29) is 5.91 Å². The molecule has 3 aromatic rings. The molecule has 1 aromatic carbocycles. The summed E-state index contributed by atoms with van der Waals surface area (Å²) in [6, 6.07) is 8.78. The van der Waals surface area contributed by atoms with Crippen molar-refractivity contribution in [1.82, 2.24) is 24.6 Å². The number of para-hydroxylation sites is 1. The number of nitrogens with one attached hydrogen (secondary N) is 1. The summed E-state index contributed by atoms with van der Waals surface area (Å²) in [6.45, 7) is 2.75. The van der Waals surface area contributed by atoms with Crippen LogP contribution in [0.15, 0.2) is 35.6 Å². The average Bonchev–Trinajstić information content (AvgIpc) is 3.38. The zero-order chi connectivity index (χ0) is 19.6. The van der Waals surface area contributed by atoms with Crippen LogP contribution in [0.5, 0.6) is 0 Å². The summed E-state index contributed by atoms with van der Waals surface area (Å²) in [4.78, 5) is 17.6. The molecule has 5 rings (SSSR count). The molecule has 8 heteroatoms. The molecule has 2 aromatic heterocycles. The first-order chi connectivity index (χ1) is 14.3. The summed E-state index contributed by atoms with van der Waals surface area (Å²) in [5, 5.41) is 11.2. The predicted molar refractivity (Wildman–Crippen MR) is 113 cm³/mol. The molecule has 3 heterocycles. The molecular weight excluding hydrogens is 386 g/mol. The first kappa shape index (κ1) is 18.7. The number of aromatic nitrogens is 4. The fourth-order valence-corrected chi connectivity index (χ4v) is 4.78. The Labute approximate surface area is 173 Å². The SMILES string of the molecule is O=C(CCCSc1nnc(-c2c[nH]c3ccccc23)n1C1CC1)N1CCOCC1. The van der Waals surface area contributed by atoms with Crippen molar-refractivity contribution in [2.24, 2.45) is 0 Å². The molecule has 7 nitrogen and oxygen atoms in total. The second kappa shape index (κ2) is 8.20. The van der Waals surface area contributed by atoms with Gasteiger partial charge in [-0.1, -0.05) is 30.0 Å². The number of ether oxygens (including phenoxy) is 1. The molecule has 1 N–H and O–H groups in total. The van der Waals surface area contributed by atoms with Crippen molar-refractivity contribution < 1.29 is 9.53 Å². The molecule has 0 spiro atoms. The number of morpholine rings is 1. The van der Waals surface area contributed by atoms with E-state index in [1.54, 1.807) is 11.8 Å². The van der Waals surface area contributed by atoms with Gasteiger partial charge in [-0.2, -0.15) is 0 Å². The molecule has 29 heavy (non-hydrogen) atoms. The van der Waals surface area contributed by atoms with Crippen LogP contribution in [-0.4, -0.2) is 62.6 Å². The number of rotatable bonds is 7. The number of nitrogens with zero attached hydrogens (tertiary/aromatic N) is 4. The van der Waals surface area contributed by atoms with Crippen LogP contribution < -0.4 is 0 Å². The van der Waals surface area contributed by atoms with Gasteiger partial charge in [0.1, 0.15) is 0 Å². The summed E-state index contributed by atoms with van der Waals surface area (Å²) in [6.07, 6.45) is 5.82. The van der Waals surface area contributed by atoms with Gasteiger partial charge in [0.05, 0.1) is 13.2 Å². The number of hydrogen-bond acceptors (Lipinski definition) is 5. The fourth-order valence-electron chi connectivity index (χ4n) is 3.84. The van der Waals surface area contributed by atoms with Crippen LogP contribution >= 0.6 is 11.8 Å². The molecule has 152 valence electrons. The third-order valence-corrected chi connectivity index (χ3v) is 6.57. The number of thioether (sulfide) groups is 1. The molecule has 0 unspecified atom stereocenters. The fraction of sp³-hybridized carbons (Fsp3) is 0.476. The molecule has 1 amide bonds. The van der Waals surface area contributed by atoms with Gasteiger partial charge in [-0.3, -0.25) is 9.36 Å². The highest BCUT2D eigenvalue weighted by Crippen LogP contribution is 2.42. The number of aromatic amines is 1. The standard InChI is InChI=1S/C21H25N5O2S/c27-19(25-9-11-28-12-10-25)6-3-13-29-21-24-23-20(26(21)15-7-8-15)17-14-22-18-5-2-1-4-16(17)18/h1-2,4-5,14-15,22H,3,6-13H2. The van der Waals surface area contributed by atoms with E-state index in [4.69, 9.17) is 4.74 Å². The Morgan fingerprint density at radius 1 is 1.21 bits per heavy atom. The Bertz CT molecular complexity index is 1000. The van der Waals surface area contributed by atoms with E-state index in [2.05, 4.69) is 37.9 Å². The van der Waals surface area contributed by atoms with E-state index in [9.17, 15) is 4.79 Å². The second-order valence-electron chi connectivity index (χ2n) is 7.60. The largest absolute Gasteiger partial charge is 0.378 e. The lowest BCUT2D eigenvalue weighted by Gasteiger charge is -2.26. The number of H-pyrrole nitrogens is 1. The molecule has 1 saturated heterocycles. The summed E-state index contributed by atoms with van der Waals surface area (Å²) in [5.41, 5.74) is 2.22. The quantitative estimate of drug-likeness (QED) is 0.476. The Hall–Kier alpha value is -2.32. The second-order valence-corrected chi connectivity index (χ2v) is 8.66. The zero-order valence-corrected chi connectivity index (χ0v) is 17.2. The lowest BCUT2D eigenvalue weighted by atomic mass is 10.1. The van der Waals surface area contributed by atoms with Gasteiger partial charge in [0.2, 0.25) is 5.91 Å². The number of benzene rings is 1. The van der Waals surface area contributed by atoms with Crippen LogP contribution in [0.25, 0.3) is 22.3 Å². The normalized spacial score (nSPS) is 17.2. The van der Waals surface area contributed by atoms with Gasteiger partial charge < -0.3 is 14.6 Å². The molecule has 0 bridgehead atoms. The highest BCUT2D eigenvalue weighted by atomic mass is 32.2. The molecule has 2 fully saturated rings. The Kier molecular flexibility index (Phi) is 5.28. The van der Waals surface area contributed by atoms with Crippen molar-refractivity contribution in [3.63, 3.8) is 0 Å². The maximum atomic E-state index is 12.3. The van der Waals surface area contributed by atoms with E-state index < -0.39 is 0 Å². The molecule has 1 aliphatic carbocycles. The van der Waals surface area contributed by atoms with E-state index in [0.717, 1.165) is 47.3 Å². The Morgan fingerprint density at radius 3 is 2.86 bits per heavy atom. The van der Waals surface area contributed by atoms with E-state index in [1.807, 2.05) is 17.2 Å². The smallest absolute Gasteiger partial charge is 0.222 e. The van der Waals surface area contributed by atoms with Gasteiger partial charge >= 0.3 is 0 Å². The van der Waals surface area contributed by atoms with Crippen molar-refractivity contribution >= 4 is 28.6 Å². The number of carbonyl (C=O) groups excluding carboxylic acids is 1. The summed E-state index contributed by atoms with van der Waals surface area (Å²) in [7, 11) is 0. The van der Waals surface area contributed by atoms with Crippen molar-refractivity contribution in [2.45, 2.75) is 36.9 Å². The van der Waals surface area contributed by atoms with Crippen LogP contribution in [0.4, 0.5) is 0 Å². The van der Waals surface area contributed by atoms with Crippen molar-refractivity contribution in [1.29, 1.82) is 0 Å². The number of hydrogen-bond donors (Lipinski definition) is 1. The lowest BCUT2D eigenvalue weighted by molar-refractivity contribution is -0.135. The van der Waals surface area contributed by atoms with Gasteiger partial charge in [0.15, 0.2) is 11.0 Å². The zero-order valence-electron chi connectivity index (χ0n) is 16.3. The van der Waals surface area contributed by atoms with Crippen LogP contribution in [0.3, 0.4) is 0 Å². The lowest BCUT2D eigenvalue weighted by Crippen LogP contribution is -2.40. The minimum Gasteiger partial charge on any atom is -0.378 e. The van der Waals surface area contributed by atoms with Crippen LogP contribution in [0, 0.1) is 0 Å². The van der Waals surface area contributed by atoms with Crippen LogP contribution in [0.2, 0.25) is 0 Å². The highest BCUT2D eigenvalue weighted by molar-refractivity contribution is 7.99. The first-order valence-electron chi connectivity index (χ1n) is 10.3. The van der Waals surface area contributed by atoms with Crippen LogP contribution in [0.1, 0.15) is 31.7 Å². The van der Waals surface area contributed by atoms with Gasteiger partial charge in [0, 0.05) is 54.0 Å². The monoisotopic (exact) mass is 411 g/mol. The molecule has 0 radical (unpaired) electrons. The minimum absolute atomic E-state index is 0.233. The summed E-state index contributed by atoms with van der Waals surface area (Å²) >= 11 is 1.71. The van der Waals surface area contributed by atoms with Crippen LogP contribution in [-0.2, 0) is 9.53 Å². The highest BCUT2D eigenvalue weighted by Gasteiger charge is 2.30. The predicted octanol–water partition coefficient (Wildman–Crippen LogP) is 3.49. The maximum absolute atomic E-state index is 12.3. The maximum Gasteiger partial charge on any atom is 0.222 e. The molecule has 2 aliphatic rings. The Balaban J connectivity index is 1.26. The van der Waals surface area contributed by atoms with Crippen molar-refractivity contribution in [3.05, 3.63) is 30.5 Å². The molecule has 0 atom stereocenters. The van der Waals surface area contributed by atoms with Gasteiger partial charge in [-0.05, 0) is 25.3 Å². The third-order valence-electron chi connectivity index (χ3n) is 5.54. The number of fused-ring (bicyclic) bond motifs is 1. The topological polar surface area (TPSA) is 76.0 Å². The van der Waals surface area contributed by atoms with Gasteiger partial charge in [-0.25, -0.2) is 0 Å². The summed E-state index contributed by atoms with van der Waals surface area (Å²) < 4.78 is 7.61. The summed E-state index contributed by atoms with van der Waals surface area (Å²) in [5.74, 6) is 2.04.